The number of nitrogens with zero attached hydrogens (tertiary/aromatic N) is 1. The highest BCUT2D eigenvalue weighted by atomic mass is 15.2. The van der Waals surface area contributed by atoms with Gasteiger partial charge in [-0.25, -0.2) is 0 Å². The molecule has 1 rings (SSSR count). The van der Waals surface area contributed by atoms with Crippen LogP contribution in [-0.2, 0) is 0 Å². The molecule has 1 fully saturated rings. The van der Waals surface area contributed by atoms with Gasteiger partial charge >= 0.3 is 0 Å². The first-order valence-electron chi connectivity index (χ1n) is 23.3. The Kier molecular flexibility index (Phi) is 28.3. The molecule has 1 heterocycles. The molecule has 288 valence electrons. The van der Waals surface area contributed by atoms with Crippen molar-refractivity contribution in [1.29, 1.82) is 0 Å². The molecular weight excluding hydrogens is 579 g/mol. The Morgan fingerprint density at radius 1 is 0.333 bits per heavy atom. The summed E-state index contributed by atoms with van der Waals surface area (Å²) in [5.41, 5.74) is 1.44. The van der Waals surface area contributed by atoms with E-state index in [-0.39, 0.29) is 0 Å². The molecule has 0 spiro atoms. The fourth-order valence-electron chi connectivity index (χ4n) is 10.7. The first-order valence-corrected chi connectivity index (χ1v) is 23.3. The van der Waals surface area contributed by atoms with Crippen molar-refractivity contribution in [2.45, 2.75) is 279 Å². The number of unbranched alkanes of at least 4 members (excludes halogenated alkanes) is 21. The van der Waals surface area contributed by atoms with Crippen LogP contribution >= 0.6 is 0 Å². The van der Waals surface area contributed by atoms with Crippen molar-refractivity contribution in [3.8, 4) is 0 Å². The molecule has 0 aliphatic carbocycles. The molecule has 1 aliphatic rings. The second kappa shape index (κ2) is 29.5. The Bertz CT molecular complexity index is 687. The van der Waals surface area contributed by atoms with Crippen molar-refractivity contribution in [2.75, 3.05) is 13.1 Å². The average Bonchev–Trinajstić information content (AvgIpc) is 3.10. The molecule has 0 aromatic heterocycles. The molecule has 1 heteroatoms. The predicted molar refractivity (Wildman–Crippen MR) is 220 cm³/mol. The summed E-state index contributed by atoms with van der Waals surface area (Å²) in [5.74, 6) is 0. The Morgan fingerprint density at radius 3 is 1.10 bits per heavy atom. The number of hydrogen-bond acceptors (Lipinski definition) is 1. The number of rotatable bonds is 35. The molecule has 3 atom stereocenters. The quantitative estimate of drug-likeness (QED) is 0.0605. The molecule has 48 heavy (non-hydrogen) atoms. The molecular formula is C47H95N. The van der Waals surface area contributed by atoms with E-state index in [9.17, 15) is 0 Å². The van der Waals surface area contributed by atoms with Gasteiger partial charge in [-0.15, -0.1) is 0 Å². The van der Waals surface area contributed by atoms with Gasteiger partial charge in [0.2, 0.25) is 0 Å². The van der Waals surface area contributed by atoms with Crippen LogP contribution in [-0.4, -0.2) is 23.5 Å². The average molecular weight is 674 g/mol. The highest BCUT2D eigenvalue weighted by Gasteiger charge is 2.64. The molecule has 1 saturated heterocycles. The van der Waals surface area contributed by atoms with Gasteiger partial charge in [0.1, 0.15) is 0 Å². The van der Waals surface area contributed by atoms with Crippen LogP contribution in [0, 0.1) is 10.8 Å². The smallest absolute Gasteiger partial charge is 0.0271 e. The summed E-state index contributed by atoms with van der Waals surface area (Å²) >= 11 is 0. The van der Waals surface area contributed by atoms with Crippen LogP contribution in [0.25, 0.3) is 0 Å². The predicted octanol–water partition coefficient (Wildman–Crippen LogP) is 16.8. The molecule has 3 unspecified atom stereocenters. The van der Waals surface area contributed by atoms with Crippen molar-refractivity contribution in [2.24, 2.45) is 10.8 Å². The lowest BCUT2D eigenvalue weighted by Crippen LogP contribution is -2.70. The van der Waals surface area contributed by atoms with E-state index < -0.39 is 0 Å². The third-order valence-corrected chi connectivity index (χ3v) is 13.5. The van der Waals surface area contributed by atoms with E-state index in [4.69, 9.17) is 0 Å². The second-order valence-corrected chi connectivity index (χ2v) is 17.1. The lowest BCUT2D eigenvalue weighted by Gasteiger charge is -2.69. The Morgan fingerprint density at radius 2 is 0.667 bits per heavy atom. The maximum Gasteiger partial charge on any atom is 0.0271 e. The third kappa shape index (κ3) is 15.3. The largest absolute Gasteiger partial charge is 0.297 e. The minimum absolute atomic E-state index is 0.409. The Labute approximate surface area is 306 Å². The summed E-state index contributed by atoms with van der Waals surface area (Å²) in [6.07, 6.45) is 50.8. The molecule has 0 aromatic rings. The lowest BCUT2D eigenvalue weighted by molar-refractivity contribution is -0.192. The third-order valence-electron chi connectivity index (χ3n) is 13.5. The van der Waals surface area contributed by atoms with Crippen molar-refractivity contribution >= 4 is 0 Å². The maximum atomic E-state index is 3.25. The molecule has 0 amide bonds. The van der Waals surface area contributed by atoms with Gasteiger partial charge in [0.15, 0.2) is 0 Å². The van der Waals surface area contributed by atoms with Gasteiger partial charge in [-0.05, 0) is 75.3 Å². The zero-order valence-electron chi connectivity index (χ0n) is 35.1. The van der Waals surface area contributed by atoms with Gasteiger partial charge in [0.25, 0.3) is 0 Å². The van der Waals surface area contributed by atoms with Gasteiger partial charge < -0.3 is 0 Å². The molecule has 0 radical (unpaired) electrons. The van der Waals surface area contributed by atoms with E-state index in [2.05, 4.69) is 53.4 Å². The lowest BCUT2D eigenvalue weighted by atomic mass is 9.43. The van der Waals surface area contributed by atoms with Crippen molar-refractivity contribution < 1.29 is 0 Å². The SMILES string of the molecule is CCCCCCCCC1(CCCCCC)CCN(CCCC)C(CCCC)(CCCCCC)C1(CCCCCC)CCCCCCCC. The summed E-state index contributed by atoms with van der Waals surface area (Å²) < 4.78 is 0. The van der Waals surface area contributed by atoms with Crippen LogP contribution in [0.4, 0.5) is 0 Å². The molecule has 1 nitrogen and oxygen atoms in total. The van der Waals surface area contributed by atoms with Gasteiger partial charge in [0.05, 0.1) is 0 Å². The Hall–Kier alpha value is -0.0400. The highest BCUT2D eigenvalue weighted by molar-refractivity contribution is 5.16. The fraction of sp³-hybridized carbons (Fsp3) is 1.00. The van der Waals surface area contributed by atoms with Crippen molar-refractivity contribution in [1.82, 2.24) is 4.90 Å². The molecule has 0 saturated carbocycles. The summed E-state index contributed by atoms with van der Waals surface area (Å²) in [7, 11) is 0. The minimum Gasteiger partial charge on any atom is -0.297 e. The van der Waals surface area contributed by atoms with Gasteiger partial charge in [-0.1, -0.05) is 222 Å². The van der Waals surface area contributed by atoms with Crippen LogP contribution in [0.15, 0.2) is 0 Å². The van der Waals surface area contributed by atoms with Crippen LogP contribution < -0.4 is 0 Å². The van der Waals surface area contributed by atoms with Crippen LogP contribution in [0.5, 0.6) is 0 Å². The van der Waals surface area contributed by atoms with Gasteiger partial charge in [-0.2, -0.15) is 0 Å². The van der Waals surface area contributed by atoms with Crippen LogP contribution in [0.2, 0.25) is 0 Å². The van der Waals surface area contributed by atoms with E-state index in [0.717, 1.165) is 0 Å². The topological polar surface area (TPSA) is 3.24 Å². The molecule has 0 N–H and O–H groups in total. The monoisotopic (exact) mass is 674 g/mol. The molecule has 0 aromatic carbocycles. The number of likely N-dealkylation sites (tertiary alicyclic amines) is 1. The minimum atomic E-state index is 0.409. The van der Waals surface area contributed by atoms with E-state index in [0.29, 0.717) is 16.4 Å². The van der Waals surface area contributed by atoms with E-state index in [1.54, 1.807) is 6.42 Å². The zero-order chi connectivity index (χ0) is 35.2. The first-order chi connectivity index (χ1) is 23.5. The van der Waals surface area contributed by atoms with E-state index >= 15 is 0 Å². The standard InChI is InChI=1S/C47H95N/c1-8-15-22-27-29-32-37-45(36-31-24-17-10-3)42-44-48(43-21-14-7)47(40-20-13-6,41-35-26-19-12-5)46(45,38-33-25-18-11-4)39-34-30-28-23-16-9-2/h8-44H2,1-7H3. The maximum absolute atomic E-state index is 3.25. The summed E-state index contributed by atoms with van der Waals surface area (Å²) in [5, 5.41) is 0. The number of piperidine rings is 1. The summed E-state index contributed by atoms with van der Waals surface area (Å²) in [6.45, 7) is 19.7. The van der Waals surface area contributed by atoms with Crippen LogP contribution in [0.3, 0.4) is 0 Å². The van der Waals surface area contributed by atoms with Crippen molar-refractivity contribution in [3.63, 3.8) is 0 Å². The second-order valence-electron chi connectivity index (χ2n) is 17.1. The zero-order valence-corrected chi connectivity index (χ0v) is 35.1. The normalized spacial score (nSPS) is 23.3. The van der Waals surface area contributed by atoms with E-state index in [1.165, 1.54) is 231 Å². The first kappa shape index (κ1) is 46.0. The van der Waals surface area contributed by atoms with Crippen LogP contribution in [0.1, 0.15) is 273 Å². The van der Waals surface area contributed by atoms with Crippen molar-refractivity contribution in [3.05, 3.63) is 0 Å². The van der Waals surface area contributed by atoms with Gasteiger partial charge in [-0.3, -0.25) is 4.90 Å². The molecule has 1 aliphatic heterocycles. The van der Waals surface area contributed by atoms with E-state index in [1.807, 2.05) is 0 Å². The summed E-state index contributed by atoms with van der Waals surface area (Å²) in [4.78, 5) is 3.25. The summed E-state index contributed by atoms with van der Waals surface area (Å²) in [6, 6.07) is 0. The number of hydrogen-bond donors (Lipinski definition) is 0. The molecule has 0 bridgehead atoms. The fourth-order valence-corrected chi connectivity index (χ4v) is 10.7. The Balaban J connectivity index is 3.87. The van der Waals surface area contributed by atoms with Gasteiger partial charge in [0, 0.05) is 5.54 Å². The highest BCUT2D eigenvalue weighted by Crippen LogP contribution is 2.67.